The van der Waals surface area contributed by atoms with Gasteiger partial charge in [0.25, 0.3) is 0 Å². The van der Waals surface area contributed by atoms with Crippen LogP contribution in [-0.4, -0.2) is 13.1 Å². The van der Waals surface area contributed by atoms with Gasteiger partial charge in [-0.15, -0.1) is 0 Å². The number of hydrogen-bond donors (Lipinski definition) is 1. The van der Waals surface area contributed by atoms with Crippen molar-refractivity contribution in [1.29, 1.82) is 0 Å². The van der Waals surface area contributed by atoms with Gasteiger partial charge in [0.2, 0.25) is 0 Å². The van der Waals surface area contributed by atoms with Gasteiger partial charge in [0.15, 0.2) is 0 Å². The molecule has 2 saturated carbocycles. The van der Waals surface area contributed by atoms with Gasteiger partial charge in [-0.2, -0.15) is 0 Å². The standard InChI is InChI=1S/C20H39N/c1-5-6-7-17-8-10-18(11-9-17)20(21-4)19-13-15(2)12-16(3)14-19/h15-21H,5-14H2,1-4H3. The maximum Gasteiger partial charge on any atom is 0.0121 e. The van der Waals surface area contributed by atoms with Crippen molar-refractivity contribution in [2.75, 3.05) is 7.05 Å². The Morgan fingerprint density at radius 3 is 2.05 bits per heavy atom. The summed E-state index contributed by atoms with van der Waals surface area (Å²) in [6, 6.07) is 0.794. The predicted octanol–water partition coefficient (Wildman–Crippen LogP) is 5.64. The fourth-order valence-corrected chi connectivity index (χ4v) is 5.49. The van der Waals surface area contributed by atoms with Crippen molar-refractivity contribution in [2.45, 2.75) is 91.0 Å². The Morgan fingerprint density at radius 1 is 0.905 bits per heavy atom. The van der Waals surface area contributed by atoms with E-state index in [0.717, 1.165) is 35.6 Å². The van der Waals surface area contributed by atoms with Gasteiger partial charge in [-0.25, -0.2) is 0 Å². The second-order valence-corrected chi connectivity index (χ2v) is 8.42. The van der Waals surface area contributed by atoms with E-state index in [1.165, 1.54) is 64.2 Å². The fourth-order valence-electron chi connectivity index (χ4n) is 5.49. The first kappa shape index (κ1) is 17.3. The molecule has 0 saturated heterocycles. The van der Waals surface area contributed by atoms with Crippen LogP contribution in [0.15, 0.2) is 0 Å². The second kappa shape index (κ2) is 8.56. The smallest absolute Gasteiger partial charge is 0.0121 e. The molecule has 0 aromatic carbocycles. The largest absolute Gasteiger partial charge is 0.316 e. The third kappa shape index (κ3) is 4.98. The summed E-state index contributed by atoms with van der Waals surface area (Å²) in [5.41, 5.74) is 0. The van der Waals surface area contributed by atoms with Crippen molar-refractivity contribution in [2.24, 2.45) is 29.6 Å². The monoisotopic (exact) mass is 293 g/mol. The van der Waals surface area contributed by atoms with Crippen LogP contribution in [0.1, 0.15) is 85.0 Å². The van der Waals surface area contributed by atoms with Crippen LogP contribution in [0.25, 0.3) is 0 Å². The van der Waals surface area contributed by atoms with Crippen LogP contribution in [0, 0.1) is 29.6 Å². The Bertz CT molecular complexity index is 270. The first-order valence-electron chi connectivity index (χ1n) is 9.81. The van der Waals surface area contributed by atoms with Crippen LogP contribution in [-0.2, 0) is 0 Å². The highest BCUT2D eigenvalue weighted by Gasteiger charge is 2.35. The van der Waals surface area contributed by atoms with Crippen molar-refractivity contribution in [3.63, 3.8) is 0 Å². The lowest BCUT2D eigenvalue weighted by atomic mass is 9.67. The number of hydrogen-bond acceptors (Lipinski definition) is 1. The van der Waals surface area contributed by atoms with Crippen molar-refractivity contribution < 1.29 is 0 Å². The van der Waals surface area contributed by atoms with Crippen molar-refractivity contribution >= 4 is 0 Å². The van der Waals surface area contributed by atoms with Crippen molar-refractivity contribution in [1.82, 2.24) is 5.32 Å². The summed E-state index contributed by atoms with van der Waals surface area (Å²) in [6.07, 6.45) is 14.7. The maximum atomic E-state index is 3.74. The van der Waals surface area contributed by atoms with E-state index < -0.39 is 0 Å². The van der Waals surface area contributed by atoms with E-state index in [9.17, 15) is 0 Å². The summed E-state index contributed by atoms with van der Waals surface area (Å²) in [5, 5.41) is 3.74. The van der Waals surface area contributed by atoms with Gasteiger partial charge in [-0.3, -0.25) is 0 Å². The Hall–Kier alpha value is -0.0400. The summed E-state index contributed by atoms with van der Waals surface area (Å²) < 4.78 is 0. The van der Waals surface area contributed by atoms with Gasteiger partial charge < -0.3 is 5.32 Å². The zero-order valence-electron chi connectivity index (χ0n) is 15.0. The Kier molecular flexibility index (Phi) is 7.05. The van der Waals surface area contributed by atoms with E-state index in [1.54, 1.807) is 0 Å². The molecule has 1 nitrogen and oxygen atoms in total. The van der Waals surface area contributed by atoms with E-state index >= 15 is 0 Å². The number of unbranched alkanes of at least 4 members (excludes halogenated alkanes) is 1. The van der Waals surface area contributed by atoms with E-state index in [4.69, 9.17) is 0 Å². The fraction of sp³-hybridized carbons (Fsp3) is 1.00. The molecule has 21 heavy (non-hydrogen) atoms. The zero-order chi connectivity index (χ0) is 15.2. The minimum Gasteiger partial charge on any atom is -0.316 e. The Labute approximate surface area is 133 Å². The predicted molar refractivity (Wildman–Crippen MR) is 93.5 cm³/mol. The Balaban J connectivity index is 1.84. The minimum atomic E-state index is 0.794. The van der Waals surface area contributed by atoms with Gasteiger partial charge in [0.1, 0.15) is 0 Å². The van der Waals surface area contributed by atoms with Crippen LogP contribution in [0.2, 0.25) is 0 Å². The zero-order valence-corrected chi connectivity index (χ0v) is 15.0. The molecule has 2 fully saturated rings. The normalized spacial score (nSPS) is 39.1. The van der Waals surface area contributed by atoms with Crippen molar-refractivity contribution in [3.8, 4) is 0 Å². The first-order chi connectivity index (χ1) is 10.1. The van der Waals surface area contributed by atoms with Crippen LogP contribution >= 0.6 is 0 Å². The molecule has 0 spiro atoms. The highest BCUT2D eigenvalue weighted by atomic mass is 14.9. The van der Waals surface area contributed by atoms with Gasteiger partial charge in [0, 0.05) is 6.04 Å². The van der Waals surface area contributed by atoms with Crippen LogP contribution in [0.4, 0.5) is 0 Å². The quantitative estimate of drug-likeness (QED) is 0.668. The van der Waals surface area contributed by atoms with E-state index in [1.807, 2.05) is 0 Å². The summed E-state index contributed by atoms with van der Waals surface area (Å²) >= 11 is 0. The van der Waals surface area contributed by atoms with E-state index in [0.29, 0.717) is 0 Å². The summed E-state index contributed by atoms with van der Waals surface area (Å²) in [5.74, 6) is 4.82. The first-order valence-corrected chi connectivity index (χ1v) is 9.81. The van der Waals surface area contributed by atoms with Crippen LogP contribution in [0.3, 0.4) is 0 Å². The molecule has 0 bridgehead atoms. The molecule has 2 rings (SSSR count). The van der Waals surface area contributed by atoms with Gasteiger partial charge in [-0.1, -0.05) is 52.9 Å². The average molecular weight is 294 g/mol. The molecular weight excluding hydrogens is 254 g/mol. The molecule has 124 valence electrons. The highest BCUT2D eigenvalue weighted by Crippen LogP contribution is 2.41. The van der Waals surface area contributed by atoms with Crippen LogP contribution < -0.4 is 5.32 Å². The lowest BCUT2D eigenvalue weighted by Gasteiger charge is -2.42. The molecule has 3 atom stereocenters. The topological polar surface area (TPSA) is 12.0 Å². The lowest BCUT2D eigenvalue weighted by molar-refractivity contribution is 0.118. The minimum absolute atomic E-state index is 0.794. The molecule has 0 heterocycles. The summed E-state index contributed by atoms with van der Waals surface area (Å²) in [7, 11) is 2.22. The molecule has 2 aliphatic rings. The Morgan fingerprint density at radius 2 is 1.52 bits per heavy atom. The van der Waals surface area contributed by atoms with E-state index in [2.05, 4.69) is 33.1 Å². The SMILES string of the molecule is CCCCC1CCC(C(NC)C2CC(C)CC(C)C2)CC1. The van der Waals surface area contributed by atoms with Gasteiger partial charge >= 0.3 is 0 Å². The molecule has 0 amide bonds. The molecule has 2 aliphatic carbocycles. The third-order valence-corrected chi connectivity index (χ3v) is 6.42. The van der Waals surface area contributed by atoms with Gasteiger partial charge in [0.05, 0.1) is 0 Å². The third-order valence-electron chi connectivity index (χ3n) is 6.42. The van der Waals surface area contributed by atoms with Crippen LogP contribution in [0.5, 0.6) is 0 Å². The summed E-state index contributed by atoms with van der Waals surface area (Å²) in [4.78, 5) is 0. The summed E-state index contributed by atoms with van der Waals surface area (Å²) in [6.45, 7) is 7.27. The molecule has 0 radical (unpaired) electrons. The molecule has 3 unspecified atom stereocenters. The maximum absolute atomic E-state index is 3.74. The van der Waals surface area contributed by atoms with Gasteiger partial charge in [-0.05, 0) is 68.7 Å². The number of rotatable bonds is 6. The van der Waals surface area contributed by atoms with E-state index in [-0.39, 0.29) is 0 Å². The average Bonchev–Trinajstić information content (AvgIpc) is 2.46. The molecule has 0 aromatic rings. The molecule has 0 aliphatic heterocycles. The molecule has 1 N–H and O–H groups in total. The molecular formula is C20H39N. The second-order valence-electron chi connectivity index (χ2n) is 8.42. The molecule has 1 heteroatoms. The van der Waals surface area contributed by atoms with Crippen molar-refractivity contribution in [3.05, 3.63) is 0 Å². The molecule has 0 aromatic heterocycles. The number of nitrogens with one attached hydrogen (secondary N) is 1. The lowest BCUT2D eigenvalue weighted by Crippen LogP contribution is -2.44. The highest BCUT2D eigenvalue weighted by molar-refractivity contribution is 4.89.